The molecule has 0 spiro atoms. The number of nitrogens with two attached hydrogens (primary N) is 1. The number of nitrogens with zero attached hydrogens (tertiary/aromatic N) is 4. The minimum absolute atomic E-state index is 0. The van der Waals surface area contributed by atoms with E-state index in [1.165, 1.54) is 22.9 Å². The molecule has 5 rings (SSSR count). The number of amides is 2. The second-order valence-corrected chi connectivity index (χ2v) is 9.02. The number of aromatic amines is 1. The van der Waals surface area contributed by atoms with Gasteiger partial charge in [-0.1, -0.05) is 11.8 Å². The molecule has 2 amide bonds. The fourth-order valence-corrected chi connectivity index (χ4v) is 5.68. The number of carbonyl (C=O) groups is 3. The first-order chi connectivity index (χ1) is 13.9. The quantitative estimate of drug-likeness (QED) is 0.228. The standard InChI is InChI=1S/C16H15N7O4S2.Na/c17-10-6-3-18-22-11(6)21-16(20-10)29-7-4-28-14-8(19-12(24)5-1-2-5)13(25)23(14)9(7)15(26)27;/h3,5,8,14H,1-2,4H2,(H,19,24)(H,26,27)(H3,17,18,20,21,22);/q;+1/p-1/t8?,14-;/m1./s1. The Morgan fingerprint density at radius 2 is 2.13 bits per heavy atom. The van der Waals surface area contributed by atoms with Crippen LogP contribution in [0.5, 0.6) is 0 Å². The number of carboxylic acids is 1. The summed E-state index contributed by atoms with van der Waals surface area (Å²) in [5.74, 6) is -1.59. The first-order valence-electron chi connectivity index (χ1n) is 8.78. The Hall–Kier alpha value is -1.80. The normalized spacial score (nSPS) is 22.9. The maximum absolute atomic E-state index is 12.6. The molecular formula is C16H14N7NaO4S2. The summed E-state index contributed by atoms with van der Waals surface area (Å²) in [5.41, 5.74) is 6.11. The van der Waals surface area contributed by atoms with Gasteiger partial charge in [-0.05, 0) is 12.8 Å². The van der Waals surface area contributed by atoms with Gasteiger partial charge in [0, 0.05) is 16.6 Å². The van der Waals surface area contributed by atoms with Gasteiger partial charge in [0.1, 0.15) is 17.2 Å². The SMILES string of the molecule is Nc1nc(SC2=C(C(=O)[O-])N3C(=O)C(NC(=O)C4CC4)[C@H]3SC2)nc2[nH]ncc12.[Na+]. The summed E-state index contributed by atoms with van der Waals surface area (Å²) in [5, 5.41) is 21.4. The number of nitrogen functional groups attached to an aromatic ring is 1. The van der Waals surface area contributed by atoms with Crippen molar-refractivity contribution in [2.45, 2.75) is 29.4 Å². The molecule has 4 heterocycles. The summed E-state index contributed by atoms with van der Waals surface area (Å²) in [6.07, 6.45) is 3.15. The zero-order chi connectivity index (χ0) is 20.3. The fraction of sp³-hybridized carbons (Fsp3) is 0.375. The molecule has 1 aliphatic carbocycles. The van der Waals surface area contributed by atoms with E-state index in [-0.39, 0.29) is 58.1 Å². The van der Waals surface area contributed by atoms with Crippen LogP contribution in [-0.2, 0) is 14.4 Å². The van der Waals surface area contributed by atoms with Gasteiger partial charge in [0.25, 0.3) is 5.91 Å². The predicted molar refractivity (Wildman–Crippen MR) is 102 cm³/mol. The zero-order valence-corrected chi connectivity index (χ0v) is 19.4. The first kappa shape index (κ1) is 21.4. The van der Waals surface area contributed by atoms with E-state index in [9.17, 15) is 19.5 Å². The van der Waals surface area contributed by atoms with Crippen molar-refractivity contribution < 1.29 is 49.0 Å². The van der Waals surface area contributed by atoms with Crippen molar-refractivity contribution in [1.29, 1.82) is 0 Å². The van der Waals surface area contributed by atoms with Crippen molar-refractivity contribution in [1.82, 2.24) is 30.4 Å². The summed E-state index contributed by atoms with van der Waals surface area (Å²) in [4.78, 5) is 46.4. The molecule has 1 saturated carbocycles. The number of thioether (sulfide) groups is 2. The molecule has 2 fully saturated rings. The molecule has 0 radical (unpaired) electrons. The van der Waals surface area contributed by atoms with Gasteiger partial charge in [0.05, 0.1) is 23.2 Å². The van der Waals surface area contributed by atoms with E-state index in [2.05, 4.69) is 25.5 Å². The number of carbonyl (C=O) groups excluding carboxylic acids is 3. The van der Waals surface area contributed by atoms with Crippen molar-refractivity contribution in [3.05, 3.63) is 16.8 Å². The van der Waals surface area contributed by atoms with Crippen LogP contribution in [0.25, 0.3) is 11.0 Å². The van der Waals surface area contributed by atoms with Crippen LogP contribution in [0.4, 0.5) is 5.82 Å². The summed E-state index contributed by atoms with van der Waals surface area (Å²) in [6, 6.07) is -0.720. The Morgan fingerprint density at radius 1 is 1.37 bits per heavy atom. The monoisotopic (exact) mass is 455 g/mol. The molecule has 11 nitrogen and oxygen atoms in total. The number of rotatable bonds is 5. The van der Waals surface area contributed by atoms with E-state index in [1.54, 1.807) is 0 Å². The largest absolute Gasteiger partial charge is 1.00 e. The maximum Gasteiger partial charge on any atom is 1.00 e. The Labute approximate surface area is 200 Å². The molecule has 2 aromatic rings. The molecule has 4 N–H and O–H groups in total. The van der Waals surface area contributed by atoms with Gasteiger partial charge < -0.3 is 21.0 Å². The second-order valence-electron chi connectivity index (χ2n) is 6.86. The van der Waals surface area contributed by atoms with Crippen LogP contribution in [-0.4, -0.2) is 60.0 Å². The van der Waals surface area contributed by atoms with Gasteiger partial charge in [-0.3, -0.25) is 19.6 Å². The molecule has 30 heavy (non-hydrogen) atoms. The number of aromatic nitrogens is 4. The van der Waals surface area contributed by atoms with Gasteiger partial charge >= 0.3 is 29.6 Å². The third-order valence-electron chi connectivity index (χ3n) is 4.91. The van der Waals surface area contributed by atoms with Gasteiger partial charge in [-0.15, -0.1) is 11.8 Å². The van der Waals surface area contributed by atoms with Crippen molar-refractivity contribution in [2.24, 2.45) is 5.92 Å². The second kappa shape index (κ2) is 8.04. The number of carboxylic acid groups (broad SMARTS) is 1. The predicted octanol–water partition coefficient (Wildman–Crippen LogP) is -4.20. The molecule has 14 heteroatoms. The maximum atomic E-state index is 12.6. The Balaban J connectivity index is 0.00000218. The van der Waals surface area contributed by atoms with Crippen molar-refractivity contribution >= 4 is 58.2 Å². The molecule has 0 aromatic carbocycles. The van der Waals surface area contributed by atoms with Crippen molar-refractivity contribution in [2.75, 3.05) is 11.5 Å². The molecule has 0 bridgehead atoms. The number of hydrogen-bond donors (Lipinski definition) is 3. The Kier molecular flexibility index (Phi) is 5.74. The van der Waals surface area contributed by atoms with Crippen LogP contribution in [0.1, 0.15) is 12.8 Å². The van der Waals surface area contributed by atoms with Gasteiger partial charge in [0.15, 0.2) is 10.8 Å². The molecule has 3 aliphatic rings. The number of fused-ring (bicyclic) bond motifs is 2. The van der Waals surface area contributed by atoms with Crippen LogP contribution in [0.15, 0.2) is 22.0 Å². The van der Waals surface area contributed by atoms with E-state index in [0.717, 1.165) is 24.6 Å². The summed E-state index contributed by atoms with van der Waals surface area (Å²) in [7, 11) is 0. The van der Waals surface area contributed by atoms with Crippen molar-refractivity contribution in [3.63, 3.8) is 0 Å². The molecule has 1 unspecified atom stereocenters. The molecule has 2 aromatic heterocycles. The number of aliphatic carboxylic acids is 1. The third-order valence-corrected chi connectivity index (χ3v) is 7.32. The number of β-lactam (4-membered cyclic amide) rings is 1. The van der Waals surface area contributed by atoms with Gasteiger partial charge in [-0.2, -0.15) is 5.10 Å². The molecule has 2 atom stereocenters. The van der Waals surface area contributed by atoms with E-state index in [0.29, 0.717) is 21.7 Å². The Bertz CT molecular complexity index is 1100. The third kappa shape index (κ3) is 3.58. The molecule has 2 aliphatic heterocycles. The van der Waals surface area contributed by atoms with Gasteiger partial charge in [0.2, 0.25) is 5.91 Å². The molecular weight excluding hydrogens is 441 g/mol. The topological polar surface area (TPSA) is 170 Å². The number of anilines is 1. The van der Waals surface area contributed by atoms with Gasteiger partial charge in [-0.25, -0.2) is 9.97 Å². The number of hydrogen-bond acceptors (Lipinski definition) is 10. The smallest absolute Gasteiger partial charge is 0.543 e. The van der Waals surface area contributed by atoms with Crippen LogP contribution >= 0.6 is 23.5 Å². The van der Waals surface area contributed by atoms with E-state index < -0.39 is 23.3 Å². The van der Waals surface area contributed by atoms with E-state index >= 15 is 0 Å². The number of nitrogens with one attached hydrogen (secondary N) is 2. The molecule has 150 valence electrons. The minimum Gasteiger partial charge on any atom is -0.543 e. The summed E-state index contributed by atoms with van der Waals surface area (Å²) < 4.78 is 0. The van der Waals surface area contributed by atoms with Crippen LogP contribution in [0.3, 0.4) is 0 Å². The zero-order valence-electron chi connectivity index (χ0n) is 15.7. The number of H-pyrrole nitrogens is 1. The van der Waals surface area contributed by atoms with E-state index in [4.69, 9.17) is 5.73 Å². The Morgan fingerprint density at radius 3 is 2.83 bits per heavy atom. The fourth-order valence-electron chi connectivity index (χ4n) is 3.27. The average molecular weight is 455 g/mol. The first-order valence-corrected chi connectivity index (χ1v) is 10.6. The molecule has 1 saturated heterocycles. The van der Waals surface area contributed by atoms with Crippen LogP contribution in [0.2, 0.25) is 0 Å². The minimum atomic E-state index is -1.46. The van der Waals surface area contributed by atoms with Crippen LogP contribution < -0.4 is 45.7 Å². The summed E-state index contributed by atoms with van der Waals surface area (Å²) in [6.45, 7) is 0. The average Bonchev–Trinajstić information content (AvgIpc) is 3.43. The van der Waals surface area contributed by atoms with Crippen molar-refractivity contribution in [3.8, 4) is 0 Å². The van der Waals surface area contributed by atoms with E-state index in [1.807, 2.05) is 0 Å². The summed E-state index contributed by atoms with van der Waals surface area (Å²) >= 11 is 2.38. The van der Waals surface area contributed by atoms with Crippen LogP contribution in [0, 0.1) is 5.92 Å².